The highest BCUT2D eigenvalue weighted by Gasteiger charge is 2.02. The molecule has 0 aromatic carbocycles. The number of carbonyl (C=O) groups excluding carboxylic acids is 1. The smallest absolute Gasteiger partial charge is 0.251 e. The van der Waals surface area contributed by atoms with Gasteiger partial charge >= 0.3 is 0 Å². The van der Waals surface area contributed by atoms with Crippen molar-refractivity contribution in [2.24, 2.45) is 0 Å². The molecule has 14 heavy (non-hydrogen) atoms. The number of aliphatic hydroxyl groups excluding tert-OH is 1. The van der Waals surface area contributed by atoms with Gasteiger partial charge in [-0.25, -0.2) is 4.98 Å². The van der Waals surface area contributed by atoms with Gasteiger partial charge < -0.3 is 15.2 Å². The van der Waals surface area contributed by atoms with Gasteiger partial charge in [0.05, 0.1) is 6.61 Å². The van der Waals surface area contributed by atoms with E-state index in [1.807, 2.05) is 0 Å². The molecule has 0 radical (unpaired) electrons. The summed E-state index contributed by atoms with van der Waals surface area (Å²) in [6.45, 7) is -0.0826. The Kier molecular flexibility index (Phi) is 4.03. The Labute approximate surface area is 81.7 Å². The quantitative estimate of drug-likeness (QED) is 0.719. The van der Waals surface area contributed by atoms with Crippen molar-refractivity contribution >= 4 is 11.7 Å². The predicted molar refractivity (Wildman–Crippen MR) is 50.7 cm³/mol. The molecule has 0 unspecified atom stereocenters. The number of carbonyl (C=O) groups is 1. The minimum atomic E-state index is -0.268. The Bertz CT molecular complexity index is 315. The molecule has 1 heterocycles. The monoisotopic (exact) mass is 196 g/mol. The number of nitrogens with one attached hydrogen (secondary N) is 1. The highest BCUT2D eigenvalue weighted by molar-refractivity contribution is 5.90. The van der Waals surface area contributed by atoms with Crippen LogP contribution >= 0.6 is 0 Å². The van der Waals surface area contributed by atoms with Crippen molar-refractivity contribution in [2.75, 3.05) is 19.0 Å². The maximum atomic E-state index is 11.1. The third-order valence-corrected chi connectivity index (χ3v) is 1.55. The van der Waals surface area contributed by atoms with Gasteiger partial charge in [-0.3, -0.25) is 4.79 Å². The van der Waals surface area contributed by atoms with Crippen LogP contribution in [0.2, 0.25) is 0 Å². The molecule has 0 aliphatic carbocycles. The first-order valence-electron chi connectivity index (χ1n) is 4.11. The van der Waals surface area contributed by atoms with Crippen LogP contribution in [0.4, 0.5) is 5.82 Å². The molecule has 0 atom stereocenters. The number of ether oxygens (including phenoxy) is 1. The van der Waals surface area contributed by atoms with Gasteiger partial charge in [0.2, 0.25) is 0 Å². The van der Waals surface area contributed by atoms with Crippen molar-refractivity contribution in [1.82, 2.24) is 4.98 Å². The third-order valence-electron chi connectivity index (χ3n) is 1.55. The zero-order valence-electron chi connectivity index (χ0n) is 7.86. The second-order valence-corrected chi connectivity index (χ2v) is 2.69. The van der Waals surface area contributed by atoms with Gasteiger partial charge in [0, 0.05) is 13.3 Å². The molecule has 0 bridgehead atoms. The van der Waals surface area contributed by atoms with Crippen LogP contribution in [0, 0.1) is 0 Å². The van der Waals surface area contributed by atoms with Crippen molar-refractivity contribution in [2.45, 2.75) is 6.61 Å². The van der Waals surface area contributed by atoms with Crippen LogP contribution in [0.1, 0.15) is 5.56 Å². The average Bonchev–Trinajstić information content (AvgIpc) is 2.18. The summed E-state index contributed by atoms with van der Waals surface area (Å²) in [5.41, 5.74) is 0.702. The first kappa shape index (κ1) is 10.6. The topological polar surface area (TPSA) is 71.5 Å². The second kappa shape index (κ2) is 5.31. The lowest BCUT2D eigenvalue weighted by Gasteiger charge is -2.04. The van der Waals surface area contributed by atoms with Gasteiger partial charge in [-0.05, 0) is 17.7 Å². The SMILES string of the molecule is COCC(=O)Nc1cc(CO)ccn1. The molecular weight excluding hydrogens is 184 g/mol. The van der Waals surface area contributed by atoms with E-state index in [1.165, 1.54) is 13.3 Å². The van der Waals surface area contributed by atoms with Crippen molar-refractivity contribution in [3.05, 3.63) is 23.9 Å². The molecule has 5 heteroatoms. The number of anilines is 1. The fraction of sp³-hybridized carbons (Fsp3) is 0.333. The van der Waals surface area contributed by atoms with E-state index in [-0.39, 0.29) is 19.1 Å². The van der Waals surface area contributed by atoms with E-state index in [4.69, 9.17) is 5.11 Å². The fourth-order valence-corrected chi connectivity index (χ4v) is 0.951. The van der Waals surface area contributed by atoms with Crippen molar-refractivity contribution in [3.8, 4) is 0 Å². The Hall–Kier alpha value is -1.46. The van der Waals surface area contributed by atoms with E-state index in [1.54, 1.807) is 12.1 Å². The number of amides is 1. The highest BCUT2D eigenvalue weighted by Crippen LogP contribution is 2.06. The molecule has 76 valence electrons. The number of nitrogens with zero attached hydrogens (tertiary/aromatic N) is 1. The van der Waals surface area contributed by atoms with Crippen molar-refractivity contribution in [3.63, 3.8) is 0 Å². The van der Waals surface area contributed by atoms with Gasteiger partial charge in [0.25, 0.3) is 5.91 Å². The van der Waals surface area contributed by atoms with Crippen LogP contribution in [-0.2, 0) is 16.1 Å². The zero-order chi connectivity index (χ0) is 10.4. The van der Waals surface area contributed by atoms with Crippen molar-refractivity contribution < 1.29 is 14.6 Å². The van der Waals surface area contributed by atoms with Crippen molar-refractivity contribution in [1.29, 1.82) is 0 Å². The minimum Gasteiger partial charge on any atom is -0.392 e. The number of hydrogen-bond donors (Lipinski definition) is 2. The number of aliphatic hydroxyl groups is 1. The van der Waals surface area contributed by atoms with E-state index < -0.39 is 0 Å². The molecule has 0 spiro atoms. The maximum absolute atomic E-state index is 11.1. The first-order valence-corrected chi connectivity index (χ1v) is 4.11. The standard InChI is InChI=1S/C9H12N2O3/c1-14-6-9(13)11-8-4-7(5-12)2-3-10-8/h2-4,12H,5-6H2,1H3,(H,10,11,13). The first-order chi connectivity index (χ1) is 6.76. The lowest BCUT2D eigenvalue weighted by atomic mass is 10.3. The van der Waals surface area contributed by atoms with E-state index in [9.17, 15) is 4.79 Å². The Morgan fingerprint density at radius 2 is 2.50 bits per heavy atom. The summed E-state index contributed by atoms with van der Waals surface area (Å²) in [5, 5.41) is 11.4. The third kappa shape index (κ3) is 3.12. The largest absolute Gasteiger partial charge is 0.392 e. The summed E-state index contributed by atoms with van der Waals surface area (Å²) >= 11 is 0. The van der Waals surface area contributed by atoms with E-state index in [0.29, 0.717) is 11.4 Å². The average molecular weight is 196 g/mol. The highest BCUT2D eigenvalue weighted by atomic mass is 16.5. The minimum absolute atomic E-state index is 0.00890. The molecule has 0 fully saturated rings. The predicted octanol–water partition coefficient (Wildman–Crippen LogP) is 0.159. The van der Waals surface area contributed by atoms with E-state index in [0.717, 1.165) is 0 Å². The van der Waals surface area contributed by atoms with Gasteiger partial charge in [0.1, 0.15) is 12.4 Å². The summed E-state index contributed by atoms with van der Waals surface area (Å²) in [5.74, 6) is 0.147. The van der Waals surface area contributed by atoms with Crippen LogP contribution in [0.15, 0.2) is 18.3 Å². The summed E-state index contributed by atoms with van der Waals surface area (Å²) in [4.78, 5) is 15.0. The second-order valence-electron chi connectivity index (χ2n) is 2.69. The molecule has 0 aliphatic rings. The lowest BCUT2D eigenvalue weighted by Crippen LogP contribution is -2.17. The molecule has 1 aromatic heterocycles. The Morgan fingerprint density at radius 3 is 3.14 bits per heavy atom. The van der Waals surface area contributed by atoms with Crippen LogP contribution in [0.5, 0.6) is 0 Å². The molecule has 1 rings (SSSR count). The maximum Gasteiger partial charge on any atom is 0.251 e. The number of methoxy groups -OCH3 is 1. The Balaban J connectivity index is 2.62. The molecule has 0 saturated heterocycles. The summed E-state index contributed by atoms with van der Waals surface area (Å²) in [6, 6.07) is 3.28. The van der Waals surface area contributed by atoms with Crippen LogP contribution < -0.4 is 5.32 Å². The molecule has 1 aromatic rings. The normalized spacial score (nSPS) is 9.86. The van der Waals surface area contributed by atoms with Gasteiger partial charge in [-0.1, -0.05) is 0 Å². The molecule has 5 nitrogen and oxygen atoms in total. The van der Waals surface area contributed by atoms with Gasteiger partial charge in [-0.2, -0.15) is 0 Å². The fourth-order valence-electron chi connectivity index (χ4n) is 0.951. The summed E-state index contributed by atoms with van der Waals surface area (Å²) in [6.07, 6.45) is 1.52. The summed E-state index contributed by atoms with van der Waals surface area (Å²) < 4.78 is 4.64. The van der Waals surface area contributed by atoms with Crippen LogP contribution in [0.25, 0.3) is 0 Å². The molecule has 0 saturated carbocycles. The van der Waals surface area contributed by atoms with E-state index in [2.05, 4.69) is 15.0 Å². The van der Waals surface area contributed by atoms with Crippen LogP contribution in [-0.4, -0.2) is 29.7 Å². The molecule has 2 N–H and O–H groups in total. The number of aromatic nitrogens is 1. The number of rotatable bonds is 4. The Morgan fingerprint density at radius 1 is 1.71 bits per heavy atom. The molecule has 0 aliphatic heterocycles. The number of pyridine rings is 1. The number of hydrogen-bond acceptors (Lipinski definition) is 4. The van der Waals surface area contributed by atoms with Gasteiger partial charge in [-0.15, -0.1) is 0 Å². The van der Waals surface area contributed by atoms with E-state index >= 15 is 0 Å². The summed E-state index contributed by atoms with van der Waals surface area (Å²) in [7, 11) is 1.44. The zero-order valence-corrected chi connectivity index (χ0v) is 7.86. The molecular formula is C9H12N2O3. The lowest BCUT2D eigenvalue weighted by molar-refractivity contribution is -0.119. The van der Waals surface area contributed by atoms with Crippen LogP contribution in [0.3, 0.4) is 0 Å². The van der Waals surface area contributed by atoms with Gasteiger partial charge in [0.15, 0.2) is 0 Å². The molecule has 1 amide bonds.